The Balaban J connectivity index is 2.36. The Morgan fingerprint density at radius 3 is 2.44 bits per heavy atom. The molecule has 94 valence electrons. The molecule has 18 heavy (non-hydrogen) atoms. The van der Waals surface area contributed by atoms with Crippen molar-refractivity contribution in [2.75, 3.05) is 0 Å². The number of rotatable bonds is 3. The molecule has 0 fully saturated rings. The zero-order valence-electron chi connectivity index (χ0n) is 10.1. The second kappa shape index (κ2) is 4.61. The largest absolute Gasteiger partial charge is 0.478 e. The fraction of sp³-hybridized carbons (Fsp3) is 0.214. The molecule has 0 bridgehead atoms. The molecule has 0 radical (unpaired) electrons. The van der Waals surface area contributed by atoms with Crippen molar-refractivity contribution in [1.29, 1.82) is 0 Å². The summed E-state index contributed by atoms with van der Waals surface area (Å²) < 4.78 is 6.50. The molecule has 0 unspecified atom stereocenters. The maximum Gasteiger partial charge on any atom is 0.347 e. The Kier molecular flexibility index (Phi) is 3.30. The van der Waals surface area contributed by atoms with E-state index in [1.165, 1.54) is 13.8 Å². The van der Waals surface area contributed by atoms with Crippen LogP contribution in [0.25, 0.3) is 10.8 Å². The number of benzene rings is 2. The Morgan fingerprint density at radius 1 is 1.17 bits per heavy atom. The standard InChI is InChI=1S/C14H13BrO3/c1-14(2,13(16)17)18-12-6-4-9-7-11(15)5-3-10(9)8-12/h3-8H,1-2H3,(H,16,17). The van der Waals surface area contributed by atoms with Gasteiger partial charge in [-0.3, -0.25) is 0 Å². The molecule has 0 aliphatic rings. The Hall–Kier alpha value is -1.55. The first-order chi connectivity index (χ1) is 8.38. The number of carboxylic acids is 1. The van der Waals surface area contributed by atoms with Gasteiger partial charge in [0.1, 0.15) is 5.75 Å². The molecule has 0 atom stereocenters. The molecule has 0 amide bonds. The number of aliphatic carboxylic acids is 1. The maximum absolute atomic E-state index is 11.0. The molecule has 3 nitrogen and oxygen atoms in total. The fourth-order valence-electron chi connectivity index (χ4n) is 1.60. The number of halogens is 1. The molecule has 0 saturated heterocycles. The van der Waals surface area contributed by atoms with Crippen LogP contribution in [0.5, 0.6) is 5.75 Å². The van der Waals surface area contributed by atoms with E-state index in [1.54, 1.807) is 6.07 Å². The van der Waals surface area contributed by atoms with Gasteiger partial charge in [0.25, 0.3) is 0 Å². The molecule has 4 heteroatoms. The second-order valence-electron chi connectivity index (χ2n) is 4.57. The van der Waals surface area contributed by atoms with Crippen molar-refractivity contribution in [3.63, 3.8) is 0 Å². The number of carbonyl (C=O) groups is 1. The topological polar surface area (TPSA) is 46.5 Å². The van der Waals surface area contributed by atoms with E-state index in [4.69, 9.17) is 9.84 Å². The summed E-state index contributed by atoms with van der Waals surface area (Å²) in [5.74, 6) is -0.435. The van der Waals surface area contributed by atoms with E-state index in [2.05, 4.69) is 15.9 Å². The molecule has 2 rings (SSSR count). The van der Waals surface area contributed by atoms with Gasteiger partial charge < -0.3 is 9.84 Å². The van der Waals surface area contributed by atoms with Crippen molar-refractivity contribution in [3.05, 3.63) is 40.9 Å². The van der Waals surface area contributed by atoms with Gasteiger partial charge in [0.2, 0.25) is 0 Å². The molecule has 2 aromatic rings. The zero-order valence-corrected chi connectivity index (χ0v) is 11.7. The van der Waals surface area contributed by atoms with E-state index in [9.17, 15) is 4.79 Å². The number of hydrogen-bond donors (Lipinski definition) is 1. The smallest absolute Gasteiger partial charge is 0.347 e. The minimum atomic E-state index is -1.23. The summed E-state index contributed by atoms with van der Waals surface area (Å²) in [5, 5.41) is 11.1. The van der Waals surface area contributed by atoms with Crippen molar-refractivity contribution < 1.29 is 14.6 Å². The van der Waals surface area contributed by atoms with Crippen LogP contribution in [0.2, 0.25) is 0 Å². The lowest BCUT2D eigenvalue weighted by Crippen LogP contribution is -2.37. The van der Waals surface area contributed by atoms with E-state index in [0.29, 0.717) is 5.75 Å². The normalized spacial score (nSPS) is 11.5. The highest BCUT2D eigenvalue weighted by atomic mass is 79.9. The highest BCUT2D eigenvalue weighted by Gasteiger charge is 2.29. The monoisotopic (exact) mass is 308 g/mol. The lowest BCUT2D eigenvalue weighted by molar-refractivity contribution is -0.152. The van der Waals surface area contributed by atoms with Gasteiger partial charge >= 0.3 is 5.97 Å². The summed E-state index contributed by atoms with van der Waals surface area (Å²) >= 11 is 3.41. The van der Waals surface area contributed by atoms with Gasteiger partial charge in [-0.2, -0.15) is 0 Å². The third-order valence-electron chi connectivity index (χ3n) is 2.66. The van der Waals surface area contributed by atoms with Crippen LogP contribution in [0.4, 0.5) is 0 Å². The molecule has 0 saturated carbocycles. The maximum atomic E-state index is 11.0. The number of carboxylic acid groups (broad SMARTS) is 1. The summed E-state index contributed by atoms with van der Waals surface area (Å²) in [6.07, 6.45) is 0. The van der Waals surface area contributed by atoms with E-state index in [0.717, 1.165) is 15.2 Å². The van der Waals surface area contributed by atoms with E-state index in [1.807, 2.05) is 30.3 Å². The van der Waals surface area contributed by atoms with E-state index >= 15 is 0 Å². The lowest BCUT2D eigenvalue weighted by atomic mass is 10.1. The molecule has 0 spiro atoms. The van der Waals surface area contributed by atoms with Crippen molar-refractivity contribution in [1.82, 2.24) is 0 Å². The van der Waals surface area contributed by atoms with Crippen LogP contribution in [-0.2, 0) is 4.79 Å². The predicted octanol–water partition coefficient (Wildman–Crippen LogP) is 3.84. The summed E-state index contributed by atoms with van der Waals surface area (Å²) in [5.41, 5.74) is -1.23. The summed E-state index contributed by atoms with van der Waals surface area (Å²) in [6.45, 7) is 3.06. The molecule has 2 aromatic carbocycles. The van der Waals surface area contributed by atoms with Crippen LogP contribution in [0.15, 0.2) is 40.9 Å². The quantitative estimate of drug-likeness (QED) is 0.937. The van der Waals surface area contributed by atoms with Gasteiger partial charge in [0.05, 0.1) is 0 Å². The molecule has 0 aliphatic heterocycles. The van der Waals surface area contributed by atoms with Crippen LogP contribution in [0.1, 0.15) is 13.8 Å². The third kappa shape index (κ3) is 2.64. The first-order valence-electron chi connectivity index (χ1n) is 5.50. The van der Waals surface area contributed by atoms with Crippen LogP contribution in [0.3, 0.4) is 0 Å². The average molecular weight is 309 g/mol. The Morgan fingerprint density at radius 2 is 1.78 bits per heavy atom. The molecule has 0 heterocycles. The summed E-state index contributed by atoms with van der Waals surface area (Å²) in [6, 6.07) is 11.4. The Labute approximate surface area is 114 Å². The van der Waals surface area contributed by atoms with Gasteiger partial charge in [0.15, 0.2) is 5.60 Å². The minimum Gasteiger partial charge on any atom is -0.478 e. The van der Waals surface area contributed by atoms with Crippen LogP contribution in [0, 0.1) is 0 Å². The van der Waals surface area contributed by atoms with Gasteiger partial charge in [-0.15, -0.1) is 0 Å². The van der Waals surface area contributed by atoms with Crippen LogP contribution in [-0.4, -0.2) is 16.7 Å². The Bertz CT molecular complexity index is 605. The molecular weight excluding hydrogens is 296 g/mol. The first kappa shape index (κ1) is 12.9. The fourth-order valence-corrected chi connectivity index (χ4v) is 1.98. The molecule has 0 aromatic heterocycles. The van der Waals surface area contributed by atoms with Crippen molar-refractivity contribution in [2.45, 2.75) is 19.4 Å². The van der Waals surface area contributed by atoms with E-state index < -0.39 is 11.6 Å². The van der Waals surface area contributed by atoms with Crippen molar-refractivity contribution in [2.24, 2.45) is 0 Å². The number of ether oxygens (including phenoxy) is 1. The molecular formula is C14H13BrO3. The predicted molar refractivity (Wildman–Crippen MR) is 74.0 cm³/mol. The van der Waals surface area contributed by atoms with Gasteiger partial charge in [-0.05, 0) is 48.9 Å². The highest BCUT2D eigenvalue weighted by Crippen LogP contribution is 2.26. The van der Waals surface area contributed by atoms with Crippen LogP contribution < -0.4 is 4.74 Å². The van der Waals surface area contributed by atoms with Gasteiger partial charge in [0, 0.05) is 4.47 Å². The number of fused-ring (bicyclic) bond motifs is 1. The zero-order chi connectivity index (χ0) is 13.3. The minimum absolute atomic E-state index is 0.553. The van der Waals surface area contributed by atoms with E-state index in [-0.39, 0.29) is 0 Å². The average Bonchev–Trinajstić information content (AvgIpc) is 2.28. The van der Waals surface area contributed by atoms with Crippen molar-refractivity contribution in [3.8, 4) is 5.75 Å². The summed E-state index contributed by atoms with van der Waals surface area (Å²) in [7, 11) is 0. The molecule has 0 aliphatic carbocycles. The SMILES string of the molecule is CC(C)(Oc1ccc2cc(Br)ccc2c1)C(=O)O. The summed E-state index contributed by atoms with van der Waals surface area (Å²) in [4.78, 5) is 11.0. The second-order valence-corrected chi connectivity index (χ2v) is 5.49. The van der Waals surface area contributed by atoms with Crippen LogP contribution >= 0.6 is 15.9 Å². The lowest BCUT2D eigenvalue weighted by Gasteiger charge is -2.21. The first-order valence-corrected chi connectivity index (χ1v) is 6.29. The van der Waals surface area contributed by atoms with Gasteiger partial charge in [-0.25, -0.2) is 4.79 Å². The van der Waals surface area contributed by atoms with Gasteiger partial charge in [-0.1, -0.05) is 28.1 Å². The van der Waals surface area contributed by atoms with Crippen molar-refractivity contribution >= 4 is 32.7 Å². The third-order valence-corrected chi connectivity index (χ3v) is 3.16. The highest BCUT2D eigenvalue weighted by molar-refractivity contribution is 9.10. The number of hydrogen-bond acceptors (Lipinski definition) is 2. The molecule has 1 N–H and O–H groups in total.